The van der Waals surface area contributed by atoms with Crippen LogP contribution in [-0.2, 0) is 6.42 Å². The van der Waals surface area contributed by atoms with Gasteiger partial charge in [-0.15, -0.1) is 0 Å². The number of methoxy groups -OCH3 is 2. The summed E-state index contributed by atoms with van der Waals surface area (Å²) in [6, 6.07) is 13.8. The van der Waals surface area contributed by atoms with E-state index in [2.05, 4.69) is 15.9 Å². The third-order valence-electron chi connectivity index (χ3n) is 3.22. The van der Waals surface area contributed by atoms with Gasteiger partial charge in [0, 0.05) is 6.04 Å². The van der Waals surface area contributed by atoms with Crippen LogP contribution in [0.3, 0.4) is 0 Å². The first-order chi connectivity index (χ1) is 9.63. The van der Waals surface area contributed by atoms with Crippen LogP contribution < -0.4 is 15.2 Å². The number of hydrogen-bond donors (Lipinski definition) is 1. The average Bonchev–Trinajstić information content (AvgIpc) is 2.47. The van der Waals surface area contributed by atoms with Gasteiger partial charge in [-0.2, -0.15) is 0 Å². The smallest absolute Gasteiger partial charge is 0.133 e. The molecular weight excluding hydrogens is 318 g/mol. The van der Waals surface area contributed by atoms with Crippen molar-refractivity contribution in [1.29, 1.82) is 0 Å². The maximum Gasteiger partial charge on any atom is 0.133 e. The molecule has 1 unspecified atom stereocenters. The molecule has 0 aliphatic rings. The highest BCUT2D eigenvalue weighted by Crippen LogP contribution is 2.27. The lowest BCUT2D eigenvalue weighted by atomic mass is 9.99. The molecule has 0 spiro atoms. The number of benzene rings is 2. The average molecular weight is 336 g/mol. The van der Waals surface area contributed by atoms with E-state index < -0.39 is 0 Å². The maximum atomic E-state index is 6.25. The first-order valence-corrected chi connectivity index (χ1v) is 7.15. The molecule has 2 rings (SSSR count). The van der Waals surface area contributed by atoms with E-state index >= 15 is 0 Å². The van der Waals surface area contributed by atoms with Crippen LogP contribution in [0.2, 0.25) is 0 Å². The molecule has 2 aromatic rings. The van der Waals surface area contributed by atoms with Crippen molar-refractivity contribution >= 4 is 15.9 Å². The number of hydrogen-bond acceptors (Lipinski definition) is 3. The van der Waals surface area contributed by atoms with E-state index in [1.165, 1.54) is 5.56 Å². The zero-order valence-electron chi connectivity index (χ0n) is 11.6. The summed E-state index contributed by atoms with van der Waals surface area (Å²) in [5, 5.41) is 0. The molecule has 0 saturated heterocycles. The van der Waals surface area contributed by atoms with Gasteiger partial charge < -0.3 is 15.2 Å². The van der Waals surface area contributed by atoms with Crippen molar-refractivity contribution in [2.75, 3.05) is 14.2 Å². The van der Waals surface area contributed by atoms with Gasteiger partial charge in [0.2, 0.25) is 0 Å². The summed E-state index contributed by atoms with van der Waals surface area (Å²) in [7, 11) is 3.31. The molecule has 3 nitrogen and oxygen atoms in total. The van der Waals surface area contributed by atoms with Crippen molar-refractivity contribution in [2.45, 2.75) is 12.5 Å². The number of nitrogens with two attached hydrogens (primary N) is 1. The molecule has 0 aliphatic heterocycles. The summed E-state index contributed by atoms with van der Waals surface area (Å²) in [5.74, 6) is 1.67. The normalized spacial score (nSPS) is 12.0. The summed E-state index contributed by atoms with van der Waals surface area (Å²) < 4.78 is 11.3. The summed E-state index contributed by atoms with van der Waals surface area (Å²) in [4.78, 5) is 0. The fourth-order valence-corrected chi connectivity index (χ4v) is 2.65. The van der Waals surface area contributed by atoms with Gasteiger partial charge >= 0.3 is 0 Å². The minimum atomic E-state index is -0.0406. The van der Waals surface area contributed by atoms with Crippen molar-refractivity contribution in [1.82, 2.24) is 0 Å². The molecule has 0 fully saturated rings. The highest BCUT2D eigenvalue weighted by atomic mass is 79.9. The lowest BCUT2D eigenvalue weighted by molar-refractivity contribution is 0.412. The maximum absolute atomic E-state index is 6.25. The molecule has 1 atom stereocenters. The number of ether oxygens (including phenoxy) is 2. The molecule has 0 aromatic heterocycles. The molecule has 0 saturated carbocycles. The molecule has 0 radical (unpaired) electrons. The van der Waals surface area contributed by atoms with E-state index in [1.54, 1.807) is 14.2 Å². The van der Waals surface area contributed by atoms with Crippen molar-refractivity contribution in [3.63, 3.8) is 0 Å². The Labute approximate surface area is 127 Å². The Morgan fingerprint density at radius 2 is 1.75 bits per heavy atom. The molecule has 4 heteroatoms. The minimum absolute atomic E-state index is 0.0406. The van der Waals surface area contributed by atoms with Crippen LogP contribution in [0.5, 0.6) is 11.5 Å². The molecule has 2 aromatic carbocycles. The second-order valence-corrected chi connectivity index (χ2v) is 5.41. The lowest BCUT2D eigenvalue weighted by Crippen LogP contribution is -2.13. The highest BCUT2D eigenvalue weighted by molar-refractivity contribution is 9.10. The van der Waals surface area contributed by atoms with Crippen LogP contribution in [0, 0.1) is 0 Å². The second kappa shape index (κ2) is 6.77. The van der Waals surface area contributed by atoms with Gasteiger partial charge in [-0.25, -0.2) is 0 Å². The van der Waals surface area contributed by atoms with Crippen molar-refractivity contribution in [2.24, 2.45) is 5.73 Å². The van der Waals surface area contributed by atoms with E-state index in [1.807, 2.05) is 42.5 Å². The first-order valence-electron chi connectivity index (χ1n) is 6.36. The molecule has 20 heavy (non-hydrogen) atoms. The Hall–Kier alpha value is -1.52. The Kier molecular flexibility index (Phi) is 5.04. The predicted molar refractivity (Wildman–Crippen MR) is 84.3 cm³/mol. The van der Waals surface area contributed by atoms with Gasteiger partial charge in [-0.05, 0) is 57.7 Å². The fraction of sp³-hybridized carbons (Fsp3) is 0.250. The molecule has 0 bridgehead atoms. The lowest BCUT2D eigenvalue weighted by Gasteiger charge is -2.14. The van der Waals surface area contributed by atoms with Gasteiger partial charge in [0.05, 0.1) is 18.7 Å². The van der Waals surface area contributed by atoms with E-state index in [0.29, 0.717) is 0 Å². The van der Waals surface area contributed by atoms with Gasteiger partial charge in [0.25, 0.3) is 0 Å². The number of rotatable bonds is 5. The quantitative estimate of drug-likeness (QED) is 0.905. The first kappa shape index (κ1) is 14.9. The van der Waals surface area contributed by atoms with Crippen LogP contribution in [0.25, 0.3) is 0 Å². The second-order valence-electron chi connectivity index (χ2n) is 4.55. The molecular formula is C16H18BrNO2. The standard InChI is InChI=1S/C16H18BrNO2/c1-19-13-6-4-12(5-7-13)15(18)10-11-3-8-16(20-2)14(17)9-11/h3-9,15H,10,18H2,1-2H3. The Morgan fingerprint density at radius 3 is 2.30 bits per heavy atom. The van der Waals surface area contributed by atoms with E-state index in [-0.39, 0.29) is 6.04 Å². The molecule has 106 valence electrons. The minimum Gasteiger partial charge on any atom is -0.497 e. The largest absolute Gasteiger partial charge is 0.497 e. The zero-order valence-corrected chi connectivity index (χ0v) is 13.2. The van der Waals surface area contributed by atoms with E-state index in [0.717, 1.165) is 28.0 Å². The SMILES string of the molecule is COc1ccc(C(N)Cc2ccc(OC)c(Br)c2)cc1. The Morgan fingerprint density at radius 1 is 1.05 bits per heavy atom. The molecule has 2 N–H and O–H groups in total. The highest BCUT2D eigenvalue weighted by Gasteiger charge is 2.09. The summed E-state index contributed by atoms with van der Waals surface area (Å²) in [5.41, 5.74) is 8.51. The van der Waals surface area contributed by atoms with Crippen LogP contribution in [0.1, 0.15) is 17.2 Å². The van der Waals surface area contributed by atoms with Gasteiger partial charge in [-0.1, -0.05) is 18.2 Å². The third kappa shape index (κ3) is 3.52. The molecule has 0 amide bonds. The van der Waals surface area contributed by atoms with Crippen molar-refractivity contribution < 1.29 is 9.47 Å². The van der Waals surface area contributed by atoms with Gasteiger partial charge in [0.1, 0.15) is 11.5 Å². The van der Waals surface area contributed by atoms with E-state index in [4.69, 9.17) is 15.2 Å². The summed E-state index contributed by atoms with van der Waals surface area (Å²) >= 11 is 3.49. The third-order valence-corrected chi connectivity index (χ3v) is 3.84. The van der Waals surface area contributed by atoms with Gasteiger partial charge in [0.15, 0.2) is 0 Å². The van der Waals surface area contributed by atoms with E-state index in [9.17, 15) is 0 Å². The Bertz CT molecular complexity index is 569. The fourth-order valence-electron chi connectivity index (χ4n) is 2.06. The summed E-state index contributed by atoms with van der Waals surface area (Å²) in [6.07, 6.45) is 0.773. The Balaban J connectivity index is 2.10. The molecule has 0 heterocycles. The monoisotopic (exact) mass is 335 g/mol. The van der Waals surface area contributed by atoms with Crippen LogP contribution >= 0.6 is 15.9 Å². The van der Waals surface area contributed by atoms with Crippen molar-refractivity contribution in [3.05, 3.63) is 58.1 Å². The van der Waals surface area contributed by atoms with Crippen LogP contribution in [0.15, 0.2) is 46.9 Å². The summed E-state index contributed by atoms with van der Waals surface area (Å²) in [6.45, 7) is 0. The van der Waals surface area contributed by atoms with Crippen LogP contribution in [0.4, 0.5) is 0 Å². The predicted octanol–water partition coefficient (Wildman–Crippen LogP) is 3.71. The molecule has 0 aliphatic carbocycles. The zero-order chi connectivity index (χ0) is 14.5. The van der Waals surface area contributed by atoms with Gasteiger partial charge in [-0.3, -0.25) is 0 Å². The van der Waals surface area contributed by atoms with Crippen LogP contribution in [-0.4, -0.2) is 14.2 Å². The topological polar surface area (TPSA) is 44.5 Å². The van der Waals surface area contributed by atoms with Crippen molar-refractivity contribution in [3.8, 4) is 11.5 Å². The number of halogens is 1.